The minimum atomic E-state index is -5.66. The lowest BCUT2D eigenvalue weighted by molar-refractivity contribution is -0.395. The first-order valence-corrected chi connectivity index (χ1v) is 39.4. The summed E-state index contributed by atoms with van der Waals surface area (Å²) in [6.07, 6.45) is -91.5. The van der Waals surface area contributed by atoms with Gasteiger partial charge in [-0.3, -0.25) is 31.5 Å². The van der Waals surface area contributed by atoms with Crippen LogP contribution in [-0.4, -0.2) is 425 Å². The summed E-state index contributed by atoms with van der Waals surface area (Å²) in [6.45, 7) is -11.2. The van der Waals surface area contributed by atoms with Crippen molar-refractivity contribution in [1.82, 2.24) is 0 Å². The zero-order valence-electron chi connectivity index (χ0n) is 52.2. The van der Waals surface area contributed by atoms with E-state index in [1.165, 1.54) is 0 Å². The third-order valence-electron chi connectivity index (χ3n) is 16.3. The lowest BCUT2D eigenvalue weighted by Gasteiger charge is -2.50. The number of aliphatic hydroxyl groups excluding tert-OH is 14. The number of rotatable bonds is 21. The molecule has 0 saturated carbocycles. The van der Waals surface area contributed by atoms with Gasteiger partial charge in [0.05, 0.1) is 52.5 Å². The lowest BCUT2D eigenvalue weighted by Crippen LogP contribution is -2.68. The van der Waals surface area contributed by atoms with Crippen LogP contribution in [0, 0.1) is 0 Å². The maximum Gasteiger partial charge on any atom is 0.397 e. The quantitative estimate of drug-likeness (QED) is 0.0375. The molecule has 0 amide bonds. The predicted octanol–water partition coefficient (Wildman–Crippen LogP) is -16.3. The molecule has 55 nitrogen and oxygen atoms in total. The molecule has 20 N–H and O–H groups in total. The fourth-order valence-electron chi connectivity index (χ4n) is 11.4. The molecule has 105 heavy (non-hydrogen) atoms. The van der Waals surface area contributed by atoms with Crippen molar-refractivity contribution in [3.8, 4) is 0 Å². The standard InChI is InChI=1S/C43H72O55S7/c1-99(58,59)78-2-9-30-16(44)23(51)37(85-9)93-31-10(3-79-100(60,61)62)87-39(25(53)18(31)46)95-33-12(5-81-102(66,67)68)89-41(27(55)20(33)48)97-35-14(7-83-104(72,73)74)91-43(29(57)22(35)50)98-36-15(8-84-105(75,76)77)90-42(28(56)21(36)49)96-34-13(6-82-103(69,70)71)88-40(26(54)19(34)47)94-32-11(4-80-101(63,64)65)86-38(92-30)24(52)17(32)45/h9-57H,2-8H2,1H3,(H,60,61,62)(H,63,64,65)(H,66,67,68)(H,69,70,71)(H,72,73,74)(H,75,76,77)/t9-,10-,11-,12-,13-,14-,15-,16-,17-,18-,19-,20-,21-,22-,23-,24-,25-,26-,27-,28-,29-,30-,31-,32-,33?,34-,35-,36-,37-,38-,39-,40-,41-,42-,43-/m1/s1. The van der Waals surface area contributed by atoms with Crippen LogP contribution >= 0.6 is 0 Å². The molecule has 21 aliphatic heterocycles. The smallest absolute Gasteiger partial charge is 0.387 e. The predicted molar refractivity (Wildman–Crippen MR) is 305 cm³/mol. The maximum absolute atomic E-state index is 12.4. The minimum Gasteiger partial charge on any atom is -0.387 e. The van der Waals surface area contributed by atoms with E-state index in [1.54, 1.807) is 0 Å². The molecule has 21 saturated heterocycles. The summed E-state index contributed by atoms with van der Waals surface area (Å²) in [5, 5.41) is 163. The Balaban J connectivity index is 1.23. The topological polar surface area (TPSA) is 837 Å². The van der Waals surface area contributed by atoms with Gasteiger partial charge >= 0.3 is 62.4 Å². The summed E-state index contributed by atoms with van der Waals surface area (Å²) in [6, 6.07) is 0. The highest BCUT2D eigenvalue weighted by Gasteiger charge is 2.61. The Labute approximate surface area is 590 Å². The van der Waals surface area contributed by atoms with Crippen LogP contribution in [0.25, 0.3) is 0 Å². The minimum absolute atomic E-state index is 0.430. The fraction of sp³-hybridized carbons (Fsp3) is 1.00. The second-order valence-corrected chi connectivity index (χ2v) is 31.8. The van der Waals surface area contributed by atoms with E-state index < -0.39 is 334 Å². The summed E-state index contributed by atoms with van der Waals surface area (Å²) in [5.41, 5.74) is 0. The third kappa shape index (κ3) is 23.6. The molecule has 21 fully saturated rings. The van der Waals surface area contributed by atoms with Gasteiger partial charge in [0.25, 0.3) is 10.1 Å². The molecule has 0 aromatic carbocycles. The van der Waals surface area contributed by atoms with Crippen molar-refractivity contribution < 1.29 is 253 Å². The lowest BCUT2D eigenvalue weighted by atomic mass is 9.95. The van der Waals surface area contributed by atoms with E-state index in [9.17, 15) is 158 Å². The van der Waals surface area contributed by atoms with Crippen molar-refractivity contribution >= 4 is 72.5 Å². The maximum atomic E-state index is 12.4. The van der Waals surface area contributed by atoms with Gasteiger partial charge in [-0.25, -0.2) is 25.1 Å². The first-order chi connectivity index (χ1) is 48.2. The first-order valence-electron chi connectivity index (χ1n) is 29.4. The molecular formula is C43H72O55S7. The Hall–Kier alpha value is -1.99. The molecule has 21 rings (SSSR count). The Kier molecular flexibility index (Phi) is 29.3. The van der Waals surface area contributed by atoms with Gasteiger partial charge in [-0.2, -0.15) is 58.9 Å². The van der Waals surface area contributed by atoms with Crippen molar-refractivity contribution in [1.29, 1.82) is 0 Å². The Morgan fingerprint density at radius 2 is 0.314 bits per heavy atom. The molecule has 0 spiro atoms. The van der Waals surface area contributed by atoms with Crippen molar-refractivity contribution in [2.75, 3.05) is 52.5 Å². The Morgan fingerprint density at radius 1 is 0.200 bits per heavy atom. The number of aliphatic hydroxyl groups is 14. The molecule has 0 aromatic heterocycles. The largest absolute Gasteiger partial charge is 0.397 e. The van der Waals surface area contributed by atoms with Gasteiger partial charge in [-0.05, 0) is 0 Å². The van der Waals surface area contributed by atoms with Crippen LogP contribution in [0.1, 0.15) is 0 Å². The number of hydrogen-bond acceptors (Lipinski definition) is 49. The van der Waals surface area contributed by atoms with Crippen LogP contribution in [-0.2, 0) is 168 Å². The summed E-state index contributed by atoms with van der Waals surface area (Å²) < 4.78 is 335. The Bertz CT molecular complexity index is 3040. The van der Waals surface area contributed by atoms with Crippen LogP contribution in [0.3, 0.4) is 0 Å². The first kappa shape index (κ1) is 88.6. The molecule has 1 unspecified atom stereocenters. The van der Waals surface area contributed by atoms with Crippen LogP contribution < -0.4 is 0 Å². The van der Waals surface area contributed by atoms with Crippen molar-refractivity contribution in [2.45, 2.75) is 215 Å². The van der Waals surface area contributed by atoms with Crippen molar-refractivity contribution in [3.63, 3.8) is 0 Å². The average molecular weight is 1690 g/mol. The van der Waals surface area contributed by atoms with E-state index >= 15 is 0 Å². The van der Waals surface area contributed by atoms with Crippen molar-refractivity contribution in [2.24, 2.45) is 0 Å². The fourth-order valence-corrected chi connectivity index (χ4v) is 13.7. The van der Waals surface area contributed by atoms with Gasteiger partial charge in [0.1, 0.15) is 171 Å². The number of ether oxygens (including phenoxy) is 14. The van der Waals surface area contributed by atoms with Gasteiger partial charge in [0.2, 0.25) is 0 Å². The summed E-state index contributed by atoms with van der Waals surface area (Å²) in [4.78, 5) is 0. The van der Waals surface area contributed by atoms with E-state index in [4.69, 9.17) is 70.5 Å². The van der Waals surface area contributed by atoms with E-state index in [2.05, 4.69) is 25.1 Å². The molecular weight excluding hydrogens is 1620 g/mol. The summed E-state index contributed by atoms with van der Waals surface area (Å²) >= 11 is 0. The monoisotopic (exact) mass is 1690 g/mol. The highest BCUT2D eigenvalue weighted by atomic mass is 32.3. The molecule has 616 valence electrons. The average Bonchev–Trinajstić information content (AvgIpc) is 0.791. The SMILES string of the molecule is CS(=O)(=O)OC[C@H]1O[C@@H]2O[C@H]3[C@H](O)[C@@H](O)[C@@H](OC4[C@@H](COS(=O)(=O)O)O[C@H](O[C@H]5[C@H](O)[C@@H](O)[C@@H](O[C@H]6[C@H](O)[C@@H](O)[C@@H](O[C@H]7[C@H](O)[C@@H](O)[C@@H](O[C@H]8[C@H](O)[C@@H](O)[C@@H](O[C@H]1[C@H](O)[C@H]2O)O[C@@H]8COS(=O)(=O)O)O[C@@H]7COS(=O)(=O)O)O[C@@H]6COS(=O)(=O)O)O[C@@H]5COS(=O)(=O)O)[C@H](O)[C@H]4O)O[C@@H]3COS(=O)(=O)O. The van der Waals surface area contributed by atoms with E-state index in [-0.39, 0.29) is 0 Å². The molecule has 21 heterocycles. The molecule has 35 atom stereocenters. The number of hydrogen-bond donors (Lipinski definition) is 20. The second-order valence-electron chi connectivity index (χ2n) is 23.6. The van der Waals surface area contributed by atoms with Crippen LogP contribution in [0.15, 0.2) is 0 Å². The van der Waals surface area contributed by atoms with Gasteiger partial charge < -0.3 is 138 Å². The molecule has 62 heteroatoms. The van der Waals surface area contributed by atoms with E-state index in [0.717, 1.165) is 0 Å². The van der Waals surface area contributed by atoms with E-state index in [1.807, 2.05) is 0 Å². The van der Waals surface area contributed by atoms with Gasteiger partial charge in [-0.15, -0.1) is 0 Å². The van der Waals surface area contributed by atoms with E-state index in [0.29, 0.717) is 6.26 Å². The van der Waals surface area contributed by atoms with Crippen LogP contribution in [0.4, 0.5) is 0 Å². The van der Waals surface area contributed by atoms with Crippen LogP contribution in [0.2, 0.25) is 0 Å². The zero-order chi connectivity index (χ0) is 78.5. The molecule has 21 aliphatic rings. The molecule has 0 aliphatic carbocycles. The van der Waals surface area contributed by atoms with Gasteiger partial charge in [0.15, 0.2) is 44.0 Å². The van der Waals surface area contributed by atoms with Crippen LogP contribution in [0.5, 0.6) is 0 Å². The normalized spacial score (nSPS) is 44.9. The summed E-state index contributed by atoms with van der Waals surface area (Å²) in [7, 11) is -38.6. The zero-order valence-corrected chi connectivity index (χ0v) is 58.0. The Morgan fingerprint density at radius 3 is 0.419 bits per heavy atom. The van der Waals surface area contributed by atoms with Crippen molar-refractivity contribution in [3.05, 3.63) is 0 Å². The highest BCUT2D eigenvalue weighted by molar-refractivity contribution is 7.86. The highest BCUT2D eigenvalue weighted by Crippen LogP contribution is 2.40. The molecule has 14 bridgehead atoms. The summed E-state index contributed by atoms with van der Waals surface area (Å²) in [5.74, 6) is 0. The van der Waals surface area contributed by atoms with Gasteiger partial charge in [0, 0.05) is 0 Å². The molecule has 0 radical (unpaired) electrons. The second kappa shape index (κ2) is 34.8. The van der Waals surface area contributed by atoms with Gasteiger partial charge in [-0.1, -0.05) is 0 Å². The molecule has 0 aromatic rings. The third-order valence-corrected chi connectivity index (χ3v) is 19.4.